The van der Waals surface area contributed by atoms with Crippen molar-refractivity contribution in [3.05, 3.63) is 188 Å². The molecule has 0 saturated carbocycles. The molecule has 0 aliphatic carbocycles. The number of nitrogens with zero attached hydrogens (tertiary/aromatic N) is 1. The maximum Gasteiger partial charge on any atom is 0.149 e. The lowest BCUT2D eigenvalue weighted by Gasteiger charge is -2.34. The van der Waals surface area contributed by atoms with Crippen LogP contribution in [0.25, 0.3) is 33.4 Å². The van der Waals surface area contributed by atoms with Gasteiger partial charge in [0.05, 0.1) is 9.79 Å². The highest BCUT2D eigenvalue weighted by Crippen LogP contribution is 2.51. The highest BCUT2D eigenvalue weighted by atomic mass is 32.2. The van der Waals surface area contributed by atoms with Gasteiger partial charge in [0, 0.05) is 32.4 Å². The molecule has 0 amide bonds. The van der Waals surface area contributed by atoms with Crippen LogP contribution in [-0.2, 0) is 0 Å². The second-order valence-corrected chi connectivity index (χ2v) is 21.0. The molecule has 8 aromatic carbocycles. The standard InChI is InChI=1S/C50H37NOS2Si/c1-55(2)47-20-9-8-18-45(47)54-50-42(15-11-21-48(50)55)37-26-32-40(33-27-37)51(38-28-22-35(23-29-38)34-12-4-3-5-13-34)39-30-24-36(25-31-39)41-14-10-19-46-49(41)52-43-16-6-7-17-44(43)53-46/h3-33H,1-2H3. The van der Waals surface area contributed by atoms with E-state index in [0.29, 0.717) is 0 Å². The number of hydrogen-bond acceptors (Lipinski definition) is 4. The van der Waals surface area contributed by atoms with E-state index in [1.165, 1.54) is 42.4 Å². The molecule has 0 fully saturated rings. The Labute approximate surface area is 332 Å². The molecule has 2 heterocycles. The van der Waals surface area contributed by atoms with Crippen LogP contribution < -0.4 is 20.0 Å². The van der Waals surface area contributed by atoms with Gasteiger partial charge in [-0.05, 0) is 98.9 Å². The Bertz CT molecular complexity index is 2690. The van der Waals surface area contributed by atoms with E-state index in [1.54, 1.807) is 11.8 Å². The molecule has 264 valence electrons. The monoisotopic (exact) mass is 759 g/mol. The van der Waals surface area contributed by atoms with Gasteiger partial charge in [0.1, 0.15) is 19.6 Å². The average molecular weight is 760 g/mol. The van der Waals surface area contributed by atoms with Gasteiger partial charge in [0.25, 0.3) is 0 Å². The maximum absolute atomic E-state index is 6.51. The molecule has 0 radical (unpaired) electrons. The SMILES string of the molecule is C[Si]1(C)c2ccccc2Sc2c(-c3ccc(N(c4ccc(-c5ccccc5)cc4)c4ccc(-c5cccc6c5Oc5ccccc5S6)cc4)cc3)cccc21. The smallest absolute Gasteiger partial charge is 0.149 e. The Kier molecular flexibility index (Phi) is 8.51. The summed E-state index contributed by atoms with van der Waals surface area (Å²) in [7, 11) is -1.83. The van der Waals surface area contributed by atoms with E-state index in [1.807, 2.05) is 23.9 Å². The summed E-state index contributed by atoms with van der Waals surface area (Å²) in [4.78, 5) is 7.43. The summed E-state index contributed by atoms with van der Waals surface area (Å²) in [5.41, 5.74) is 10.5. The van der Waals surface area contributed by atoms with Gasteiger partial charge in [-0.2, -0.15) is 0 Å². The van der Waals surface area contributed by atoms with Crippen molar-refractivity contribution in [1.29, 1.82) is 0 Å². The van der Waals surface area contributed by atoms with Gasteiger partial charge < -0.3 is 9.64 Å². The maximum atomic E-state index is 6.51. The van der Waals surface area contributed by atoms with Crippen LogP contribution in [0.4, 0.5) is 17.1 Å². The van der Waals surface area contributed by atoms with E-state index in [0.717, 1.165) is 49.5 Å². The molecular weight excluding hydrogens is 723 g/mol. The molecule has 10 rings (SSSR count). The predicted molar refractivity (Wildman–Crippen MR) is 235 cm³/mol. The molecule has 0 unspecified atom stereocenters. The van der Waals surface area contributed by atoms with Crippen LogP contribution in [0.3, 0.4) is 0 Å². The van der Waals surface area contributed by atoms with Crippen LogP contribution in [-0.4, -0.2) is 8.07 Å². The summed E-state index contributed by atoms with van der Waals surface area (Å²) >= 11 is 3.69. The molecule has 0 N–H and O–H groups in total. The molecular formula is C50H37NOS2Si. The molecule has 0 atom stereocenters. The number of hydrogen-bond donors (Lipinski definition) is 0. The van der Waals surface area contributed by atoms with E-state index in [2.05, 4.69) is 194 Å². The van der Waals surface area contributed by atoms with Crippen LogP contribution in [0.15, 0.2) is 208 Å². The molecule has 0 bridgehead atoms. The summed E-state index contributed by atoms with van der Waals surface area (Å²) in [6, 6.07) is 68.1. The third-order valence-corrected chi connectivity index (χ3v) is 17.1. The van der Waals surface area contributed by atoms with Crippen molar-refractivity contribution in [3.63, 3.8) is 0 Å². The van der Waals surface area contributed by atoms with Crippen molar-refractivity contribution < 1.29 is 4.74 Å². The van der Waals surface area contributed by atoms with E-state index in [9.17, 15) is 0 Å². The molecule has 5 heteroatoms. The second kappa shape index (κ2) is 13.8. The summed E-state index contributed by atoms with van der Waals surface area (Å²) < 4.78 is 6.51. The third kappa shape index (κ3) is 6.09. The molecule has 2 nitrogen and oxygen atoms in total. The summed E-state index contributed by atoms with van der Waals surface area (Å²) in [6.07, 6.45) is 0. The minimum atomic E-state index is -1.83. The fraction of sp³-hybridized carbons (Fsp3) is 0.0400. The van der Waals surface area contributed by atoms with Crippen LogP contribution in [0.1, 0.15) is 0 Å². The van der Waals surface area contributed by atoms with Gasteiger partial charge in [0.2, 0.25) is 0 Å². The minimum Gasteiger partial charge on any atom is -0.454 e. The zero-order valence-electron chi connectivity index (χ0n) is 30.6. The Morgan fingerprint density at radius 1 is 0.400 bits per heavy atom. The first-order valence-electron chi connectivity index (χ1n) is 18.7. The second-order valence-electron chi connectivity index (χ2n) is 14.5. The Hall–Kier alpha value is -5.72. The molecule has 55 heavy (non-hydrogen) atoms. The van der Waals surface area contributed by atoms with E-state index < -0.39 is 8.07 Å². The largest absolute Gasteiger partial charge is 0.454 e. The fourth-order valence-electron chi connectivity index (χ4n) is 7.93. The Morgan fingerprint density at radius 3 is 1.62 bits per heavy atom. The molecule has 0 aromatic heterocycles. The topological polar surface area (TPSA) is 12.5 Å². The molecule has 0 saturated heterocycles. The normalized spacial score (nSPS) is 13.4. The Balaban J connectivity index is 1.02. The van der Waals surface area contributed by atoms with Crippen LogP contribution in [0, 0.1) is 0 Å². The van der Waals surface area contributed by atoms with Gasteiger partial charge in [-0.1, -0.05) is 164 Å². The van der Waals surface area contributed by atoms with E-state index in [4.69, 9.17) is 4.74 Å². The first kappa shape index (κ1) is 33.8. The summed E-state index contributed by atoms with van der Waals surface area (Å²) in [6.45, 7) is 4.97. The third-order valence-electron chi connectivity index (χ3n) is 10.8. The lowest BCUT2D eigenvalue weighted by molar-refractivity contribution is 0.456. The Morgan fingerprint density at radius 2 is 0.909 bits per heavy atom. The zero-order valence-corrected chi connectivity index (χ0v) is 33.2. The van der Waals surface area contributed by atoms with Crippen molar-refractivity contribution in [2.45, 2.75) is 32.7 Å². The number of benzene rings is 8. The van der Waals surface area contributed by atoms with Gasteiger partial charge in [-0.3, -0.25) is 0 Å². The zero-order chi connectivity index (χ0) is 36.9. The van der Waals surface area contributed by atoms with Crippen LogP contribution in [0.2, 0.25) is 13.1 Å². The van der Waals surface area contributed by atoms with Crippen molar-refractivity contribution in [2.24, 2.45) is 0 Å². The van der Waals surface area contributed by atoms with Crippen molar-refractivity contribution in [3.8, 4) is 44.9 Å². The van der Waals surface area contributed by atoms with Gasteiger partial charge >= 0.3 is 0 Å². The molecule has 8 aromatic rings. The highest BCUT2D eigenvalue weighted by Gasteiger charge is 2.36. The van der Waals surface area contributed by atoms with Crippen molar-refractivity contribution in [2.75, 3.05) is 4.90 Å². The van der Waals surface area contributed by atoms with E-state index >= 15 is 0 Å². The van der Waals surface area contributed by atoms with Crippen molar-refractivity contribution in [1.82, 2.24) is 0 Å². The summed E-state index contributed by atoms with van der Waals surface area (Å²) in [5.74, 6) is 1.82. The van der Waals surface area contributed by atoms with E-state index in [-0.39, 0.29) is 0 Å². The lowest BCUT2D eigenvalue weighted by atomic mass is 10.0. The first-order chi connectivity index (χ1) is 27.0. The number of fused-ring (bicyclic) bond motifs is 4. The number of ether oxygens (including phenoxy) is 1. The van der Waals surface area contributed by atoms with Gasteiger partial charge in [-0.15, -0.1) is 0 Å². The fourth-order valence-corrected chi connectivity index (χ4v) is 14.5. The number of para-hydroxylation sites is 2. The summed E-state index contributed by atoms with van der Waals surface area (Å²) in [5, 5.41) is 3.05. The van der Waals surface area contributed by atoms with Gasteiger partial charge in [0.15, 0.2) is 0 Å². The quantitative estimate of drug-likeness (QED) is 0.156. The van der Waals surface area contributed by atoms with Crippen molar-refractivity contribution >= 4 is 59.0 Å². The first-order valence-corrected chi connectivity index (χ1v) is 23.3. The molecule has 0 spiro atoms. The van der Waals surface area contributed by atoms with Crippen LogP contribution in [0.5, 0.6) is 11.5 Å². The predicted octanol–water partition coefficient (Wildman–Crippen LogP) is 13.7. The average Bonchev–Trinajstić information content (AvgIpc) is 3.24. The number of rotatable bonds is 6. The molecule has 2 aliphatic rings. The minimum absolute atomic E-state index is 0.905. The molecule has 2 aliphatic heterocycles. The highest BCUT2D eigenvalue weighted by molar-refractivity contribution is 8.00. The lowest BCUT2D eigenvalue weighted by Crippen LogP contribution is -2.56. The number of anilines is 3. The van der Waals surface area contributed by atoms with Crippen LogP contribution >= 0.6 is 23.5 Å². The van der Waals surface area contributed by atoms with Gasteiger partial charge in [-0.25, -0.2) is 0 Å².